The number of fused-ring (bicyclic) bond motifs is 1. The van der Waals surface area contributed by atoms with E-state index in [1.165, 1.54) is 0 Å². The van der Waals surface area contributed by atoms with Gasteiger partial charge < -0.3 is 10.6 Å². The predicted octanol–water partition coefficient (Wildman–Crippen LogP) is 2.20. The lowest BCUT2D eigenvalue weighted by Crippen LogP contribution is -2.48. The van der Waals surface area contributed by atoms with Crippen LogP contribution in [-0.2, 0) is 4.79 Å². The summed E-state index contributed by atoms with van der Waals surface area (Å²) in [6, 6.07) is 7.87. The molecule has 0 bridgehead atoms. The van der Waals surface area contributed by atoms with Crippen LogP contribution in [0, 0.1) is 5.92 Å². The molecule has 0 radical (unpaired) electrons. The monoisotopic (exact) mass is 302 g/mol. The first-order valence-corrected chi connectivity index (χ1v) is 8.09. The van der Waals surface area contributed by atoms with E-state index in [4.69, 9.17) is 0 Å². The average molecular weight is 302 g/mol. The molecule has 3 rings (SSSR count). The van der Waals surface area contributed by atoms with E-state index < -0.39 is 0 Å². The molecule has 1 aromatic carbocycles. The van der Waals surface area contributed by atoms with Crippen LogP contribution in [0.4, 0.5) is 0 Å². The molecule has 0 atom stereocenters. The zero-order valence-electron chi connectivity index (χ0n) is 11.7. The van der Waals surface area contributed by atoms with Crippen molar-refractivity contribution in [2.75, 3.05) is 19.6 Å². The first-order valence-electron chi connectivity index (χ1n) is 7.21. The Hall–Kier alpha value is -1.72. The molecular formula is C16H18N2O2S. The van der Waals surface area contributed by atoms with E-state index in [0.717, 1.165) is 28.7 Å². The van der Waals surface area contributed by atoms with Gasteiger partial charge in [-0.25, -0.2) is 0 Å². The molecule has 1 aliphatic rings. The van der Waals surface area contributed by atoms with Crippen LogP contribution < -0.4 is 10.6 Å². The minimum absolute atomic E-state index is 0.0326. The maximum absolute atomic E-state index is 12.2. The summed E-state index contributed by atoms with van der Waals surface area (Å²) in [7, 11) is 0. The third-order valence-corrected chi connectivity index (χ3v) is 4.78. The van der Waals surface area contributed by atoms with Gasteiger partial charge in [0.15, 0.2) is 5.78 Å². The fraction of sp³-hybridized carbons (Fsp3) is 0.375. The van der Waals surface area contributed by atoms with Crippen LogP contribution in [0.15, 0.2) is 29.6 Å². The number of nitrogens with one attached hydrogen (secondary N) is 2. The number of rotatable bonds is 6. The summed E-state index contributed by atoms with van der Waals surface area (Å²) in [6.07, 6.45) is 0.540. The highest BCUT2D eigenvalue weighted by Gasteiger charge is 2.18. The third kappa shape index (κ3) is 3.31. The molecule has 2 heterocycles. The van der Waals surface area contributed by atoms with Gasteiger partial charge in [-0.2, -0.15) is 0 Å². The standard InChI is InChI=1S/C16H18N2O2S/c19-14(5-6-16(20)18-9-11-7-17-8-11)13-10-21-15-4-2-1-3-12(13)15/h1-4,10-11,17H,5-9H2,(H,18,20). The molecule has 110 valence electrons. The van der Waals surface area contributed by atoms with E-state index in [2.05, 4.69) is 10.6 Å². The van der Waals surface area contributed by atoms with E-state index >= 15 is 0 Å². The molecule has 1 saturated heterocycles. The summed E-state index contributed by atoms with van der Waals surface area (Å²) in [5.41, 5.74) is 0.742. The third-order valence-electron chi connectivity index (χ3n) is 3.81. The summed E-state index contributed by atoms with van der Waals surface area (Å²) in [6.45, 7) is 2.65. The molecule has 5 heteroatoms. The van der Waals surface area contributed by atoms with Crippen molar-refractivity contribution in [3.8, 4) is 0 Å². The lowest BCUT2D eigenvalue weighted by Gasteiger charge is -2.27. The second kappa shape index (κ2) is 6.37. The summed E-state index contributed by atoms with van der Waals surface area (Å²) in [4.78, 5) is 24.0. The quantitative estimate of drug-likeness (QED) is 0.804. The number of thiophene rings is 1. The Bertz CT molecular complexity index is 661. The van der Waals surface area contributed by atoms with E-state index in [-0.39, 0.29) is 24.5 Å². The van der Waals surface area contributed by atoms with Crippen LogP contribution in [0.2, 0.25) is 0 Å². The van der Waals surface area contributed by atoms with Crippen molar-refractivity contribution in [2.45, 2.75) is 12.8 Å². The van der Waals surface area contributed by atoms with Gasteiger partial charge in [0.1, 0.15) is 0 Å². The summed E-state index contributed by atoms with van der Waals surface area (Å²) < 4.78 is 1.11. The molecule has 0 saturated carbocycles. The van der Waals surface area contributed by atoms with Crippen molar-refractivity contribution in [3.05, 3.63) is 35.2 Å². The highest BCUT2D eigenvalue weighted by Crippen LogP contribution is 2.26. The van der Waals surface area contributed by atoms with Crippen LogP contribution >= 0.6 is 11.3 Å². The molecule has 2 aromatic rings. The van der Waals surface area contributed by atoms with Gasteiger partial charge in [0.05, 0.1) is 0 Å². The van der Waals surface area contributed by atoms with Gasteiger partial charge in [-0.3, -0.25) is 9.59 Å². The summed E-state index contributed by atoms with van der Waals surface area (Å²) in [5, 5.41) is 8.95. The molecule has 0 unspecified atom stereocenters. The molecular weight excluding hydrogens is 284 g/mol. The fourth-order valence-corrected chi connectivity index (χ4v) is 3.36. The van der Waals surface area contributed by atoms with Crippen LogP contribution in [-0.4, -0.2) is 31.3 Å². The Kier molecular flexibility index (Phi) is 4.31. The Balaban J connectivity index is 1.52. The smallest absolute Gasteiger partial charge is 0.220 e. The molecule has 1 amide bonds. The van der Waals surface area contributed by atoms with E-state index in [9.17, 15) is 9.59 Å². The number of amides is 1. The van der Waals surface area contributed by atoms with Crippen LogP contribution in [0.3, 0.4) is 0 Å². The van der Waals surface area contributed by atoms with Crippen molar-refractivity contribution in [1.82, 2.24) is 10.6 Å². The number of hydrogen-bond acceptors (Lipinski definition) is 4. The zero-order valence-corrected chi connectivity index (χ0v) is 12.5. The Morgan fingerprint density at radius 2 is 2.05 bits per heavy atom. The highest BCUT2D eigenvalue weighted by atomic mass is 32.1. The van der Waals surface area contributed by atoms with Crippen LogP contribution in [0.1, 0.15) is 23.2 Å². The van der Waals surface area contributed by atoms with Gasteiger partial charge in [0.2, 0.25) is 5.91 Å². The Labute approximate surface area is 127 Å². The molecule has 0 aliphatic carbocycles. The van der Waals surface area contributed by atoms with E-state index in [0.29, 0.717) is 12.5 Å². The second-order valence-corrected chi connectivity index (χ2v) is 6.31. The molecule has 1 aliphatic heterocycles. The summed E-state index contributed by atoms with van der Waals surface area (Å²) >= 11 is 1.57. The average Bonchev–Trinajstić information content (AvgIpc) is 2.87. The largest absolute Gasteiger partial charge is 0.356 e. The van der Waals surface area contributed by atoms with Gasteiger partial charge in [0.25, 0.3) is 0 Å². The molecule has 21 heavy (non-hydrogen) atoms. The summed E-state index contributed by atoms with van der Waals surface area (Å²) in [5.74, 6) is 0.563. The Morgan fingerprint density at radius 3 is 2.81 bits per heavy atom. The molecule has 0 spiro atoms. The maximum Gasteiger partial charge on any atom is 0.220 e. The van der Waals surface area contributed by atoms with Crippen molar-refractivity contribution in [2.24, 2.45) is 5.92 Å². The van der Waals surface area contributed by atoms with Crippen LogP contribution in [0.25, 0.3) is 10.1 Å². The fourth-order valence-electron chi connectivity index (χ4n) is 2.39. The molecule has 1 fully saturated rings. The van der Waals surface area contributed by atoms with Crippen molar-refractivity contribution in [3.63, 3.8) is 0 Å². The first kappa shape index (κ1) is 14.2. The second-order valence-electron chi connectivity index (χ2n) is 5.40. The Morgan fingerprint density at radius 1 is 1.24 bits per heavy atom. The minimum atomic E-state index is -0.0326. The predicted molar refractivity (Wildman–Crippen MR) is 84.8 cm³/mol. The SMILES string of the molecule is O=C(CCC(=O)c1csc2ccccc12)NCC1CNC1. The van der Waals surface area contributed by atoms with Crippen LogP contribution in [0.5, 0.6) is 0 Å². The lowest BCUT2D eigenvalue weighted by atomic mass is 10.0. The van der Waals surface area contributed by atoms with Gasteiger partial charge in [-0.1, -0.05) is 18.2 Å². The number of carbonyl (C=O) groups excluding carboxylic acids is 2. The van der Waals surface area contributed by atoms with Gasteiger partial charge >= 0.3 is 0 Å². The first-order chi connectivity index (χ1) is 10.2. The highest BCUT2D eigenvalue weighted by molar-refractivity contribution is 7.17. The number of Topliss-reactive ketones (excluding diaryl/α,β-unsaturated/α-hetero) is 1. The number of hydrogen-bond donors (Lipinski definition) is 2. The maximum atomic E-state index is 12.2. The van der Waals surface area contributed by atoms with Crippen molar-refractivity contribution in [1.29, 1.82) is 0 Å². The molecule has 4 nitrogen and oxygen atoms in total. The van der Waals surface area contributed by atoms with E-state index in [1.807, 2.05) is 29.6 Å². The van der Waals surface area contributed by atoms with Gasteiger partial charge in [0, 0.05) is 59.4 Å². The number of ketones is 1. The topological polar surface area (TPSA) is 58.2 Å². The van der Waals surface area contributed by atoms with Gasteiger partial charge in [-0.15, -0.1) is 11.3 Å². The van der Waals surface area contributed by atoms with E-state index in [1.54, 1.807) is 11.3 Å². The van der Waals surface area contributed by atoms with Crippen molar-refractivity contribution < 1.29 is 9.59 Å². The van der Waals surface area contributed by atoms with Gasteiger partial charge in [-0.05, 0) is 6.07 Å². The van der Waals surface area contributed by atoms with Crippen molar-refractivity contribution >= 4 is 33.1 Å². The molecule has 2 N–H and O–H groups in total. The lowest BCUT2D eigenvalue weighted by molar-refractivity contribution is -0.121. The minimum Gasteiger partial charge on any atom is -0.356 e. The number of benzene rings is 1. The zero-order chi connectivity index (χ0) is 14.7. The normalized spacial score (nSPS) is 14.9. The number of carbonyl (C=O) groups is 2. The molecule has 1 aromatic heterocycles.